The van der Waals surface area contributed by atoms with Gasteiger partial charge in [-0.3, -0.25) is 4.79 Å². The first kappa shape index (κ1) is 25.6. The summed E-state index contributed by atoms with van der Waals surface area (Å²) in [6.45, 7) is 2.76. The SMILES string of the molecule is CCC1Cc2c(-c3noc(-c4ccc(OC(C)C)c(OC(F)F)c4)n3)cccc2C1N(C=O)CCO. The zero-order valence-electron chi connectivity index (χ0n) is 20.4. The molecule has 4 rings (SSSR count). The van der Waals surface area contributed by atoms with Crippen molar-refractivity contribution in [2.45, 2.75) is 52.4 Å². The van der Waals surface area contributed by atoms with E-state index in [4.69, 9.17) is 9.26 Å². The molecule has 1 N–H and O–H groups in total. The van der Waals surface area contributed by atoms with Gasteiger partial charge >= 0.3 is 6.61 Å². The average molecular weight is 502 g/mol. The van der Waals surface area contributed by atoms with Crippen molar-refractivity contribution in [2.24, 2.45) is 5.92 Å². The molecule has 2 aromatic carbocycles. The standard InChI is InChI=1S/C26H29F2N3O5/c1-4-16-12-20-18(23(16)31(14-33)10-11-32)6-5-7-19(20)24-29-25(36-30-24)17-8-9-21(34-15(2)3)22(13-17)35-26(27)28/h5-9,13-16,23,26,32H,4,10-12H2,1-3H3. The molecule has 10 heteroatoms. The van der Waals surface area contributed by atoms with Crippen LogP contribution in [0, 0.1) is 5.92 Å². The Labute approximate surface area is 207 Å². The van der Waals surface area contributed by atoms with Gasteiger partial charge in [0.25, 0.3) is 5.89 Å². The lowest BCUT2D eigenvalue weighted by molar-refractivity contribution is -0.121. The first-order valence-corrected chi connectivity index (χ1v) is 11.9. The van der Waals surface area contributed by atoms with Crippen molar-refractivity contribution < 1.29 is 32.7 Å². The van der Waals surface area contributed by atoms with Crippen molar-refractivity contribution in [3.63, 3.8) is 0 Å². The van der Waals surface area contributed by atoms with Gasteiger partial charge in [0.15, 0.2) is 11.5 Å². The number of halogens is 2. The molecule has 1 amide bonds. The highest BCUT2D eigenvalue weighted by atomic mass is 19.3. The minimum atomic E-state index is -3.02. The minimum Gasteiger partial charge on any atom is -0.487 e. The Kier molecular flexibility index (Phi) is 7.83. The second-order valence-electron chi connectivity index (χ2n) is 8.89. The summed E-state index contributed by atoms with van der Waals surface area (Å²) in [5.74, 6) is 0.758. The highest BCUT2D eigenvalue weighted by Crippen LogP contribution is 2.45. The van der Waals surface area contributed by atoms with Crippen LogP contribution < -0.4 is 9.47 Å². The number of ether oxygens (including phenoxy) is 2. The van der Waals surface area contributed by atoms with Crippen LogP contribution in [0.25, 0.3) is 22.8 Å². The maximum Gasteiger partial charge on any atom is 0.387 e. The van der Waals surface area contributed by atoms with Gasteiger partial charge in [-0.05, 0) is 55.5 Å². The lowest BCUT2D eigenvalue weighted by Crippen LogP contribution is -2.32. The molecular weight excluding hydrogens is 472 g/mol. The smallest absolute Gasteiger partial charge is 0.387 e. The second kappa shape index (κ2) is 11.0. The van der Waals surface area contributed by atoms with Crippen molar-refractivity contribution in [1.82, 2.24) is 15.0 Å². The normalized spacial score (nSPS) is 16.9. The summed E-state index contributed by atoms with van der Waals surface area (Å²) in [4.78, 5) is 17.9. The quantitative estimate of drug-likeness (QED) is 0.375. The first-order valence-electron chi connectivity index (χ1n) is 11.9. The molecule has 0 saturated carbocycles. The summed E-state index contributed by atoms with van der Waals surface area (Å²) in [5, 5.41) is 13.6. The van der Waals surface area contributed by atoms with Gasteiger partial charge in [-0.2, -0.15) is 13.8 Å². The number of carbonyl (C=O) groups excluding carboxylic acids is 1. The predicted octanol–water partition coefficient (Wildman–Crippen LogP) is 4.87. The van der Waals surface area contributed by atoms with Crippen LogP contribution in [0.3, 0.4) is 0 Å². The van der Waals surface area contributed by atoms with Crippen LogP contribution in [0.15, 0.2) is 40.9 Å². The van der Waals surface area contributed by atoms with E-state index in [1.54, 1.807) is 24.8 Å². The van der Waals surface area contributed by atoms with Crippen LogP contribution in [-0.4, -0.2) is 52.4 Å². The van der Waals surface area contributed by atoms with Crippen molar-refractivity contribution >= 4 is 6.41 Å². The summed E-state index contributed by atoms with van der Waals surface area (Å²) in [5.41, 5.74) is 3.21. The zero-order chi connectivity index (χ0) is 25.8. The molecule has 8 nitrogen and oxygen atoms in total. The molecular formula is C26H29F2N3O5. The van der Waals surface area contributed by atoms with Crippen molar-refractivity contribution in [2.75, 3.05) is 13.2 Å². The van der Waals surface area contributed by atoms with Crippen molar-refractivity contribution in [3.8, 4) is 34.3 Å². The Morgan fingerprint density at radius 3 is 2.69 bits per heavy atom. The van der Waals surface area contributed by atoms with E-state index in [1.807, 2.05) is 18.2 Å². The van der Waals surface area contributed by atoms with Gasteiger partial charge in [-0.1, -0.05) is 36.7 Å². The third-order valence-electron chi connectivity index (χ3n) is 6.26. The van der Waals surface area contributed by atoms with Crippen LogP contribution in [0.4, 0.5) is 8.78 Å². The molecule has 3 aromatic rings. The second-order valence-corrected chi connectivity index (χ2v) is 8.89. The lowest BCUT2D eigenvalue weighted by atomic mass is 9.96. The first-order chi connectivity index (χ1) is 17.4. The molecule has 1 aromatic heterocycles. The third-order valence-corrected chi connectivity index (χ3v) is 6.26. The molecule has 0 fully saturated rings. The lowest BCUT2D eigenvalue weighted by Gasteiger charge is -2.29. The van der Waals surface area contributed by atoms with Gasteiger partial charge in [0.1, 0.15) is 0 Å². The molecule has 36 heavy (non-hydrogen) atoms. The fourth-order valence-electron chi connectivity index (χ4n) is 4.77. The van der Waals surface area contributed by atoms with Gasteiger partial charge in [0.2, 0.25) is 12.2 Å². The number of amides is 1. The number of benzene rings is 2. The van der Waals surface area contributed by atoms with Crippen molar-refractivity contribution in [1.29, 1.82) is 0 Å². The highest BCUT2D eigenvalue weighted by molar-refractivity contribution is 5.67. The molecule has 2 unspecified atom stereocenters. The number of fused-ring (bicyclic) bond motifs is 1. The van der Waals surface area contributed by atoms with Crippen LogP contribution in [0.1, 0.15) is 44.4 Å². The summed E-state index contributed by atoms with van der Waals surface area (Å²) in [7, 11) is 0. The molecule has 0 bridgehead atoms. The summed E-state index contributed by atoms with van der Waals surface area (Å²) >= 11 is 0. The highest BCUT2D eigenvalue weighted by Gasteiger charge is 2.37. The third kappa shape index (κ3) is 5.18. The summed E-state index contributed by atoms with van der Waals surface area (Å²) in [6.07, 6.45) is 2.13. The molecule has 1 heterocycles. The minimum absolute atomic E-state index is 0.118. The molecule has 0 spiro atoms. The Balaban J connectivity index is 1.69. The van der Waals surface area contributed by atoms with Crippen LogP contribution in [0.2, 0.25) is 0 Å². The Bertz CT molecular complexity index is 1200. The maximum absolute atomic E-state index is 13.0. The summed E-state index contributed by atoms with van der Waals surface area (Å²) < 4.78 is 41.7. The number of aliphatic hydroxyl groups excluding tert-OH is 1. The van der Waals surface area contributed by atoms with Gasteiger partial charge < -0.3 is 24.0 Å². The molecule has 0 aliphatic heterocycles. The summed E-state index contributed by atoms with van der Waals surface area (Å²) in [6, 6.07) is 10.2. The number of aliphatic hydroxyl groups is 1. The van der Waals surface area contributed by atoms with E-state index in [0.29, 0.717) is 11.4 Å². The molecule has 192 valence electrons. The number of rotatable bonds is 11. The van der Waals surface area contributed by atoms with E-state index in [9.17, 15) is 18.7 Å². The van der Waals surface area contributed by atoms with Crippen LogP contribution >= 0.6 is 0 Å². The fraction of sp³-hybridized carbons (Fsp3) is 0.423. The Morgan fingerprint density at radius 2 is 2.03 bits per heavy atom. The Morgan fingerprint density at radius 1 is 1.22 bits per heavy atom. The molecule has 1 aliphatic carbocycles. The van der Waals surface area contributed by atoms with E-state index >= 15 is 0 Å². The fourth-order valence-corrected chi connectivity index (χ4v) is 4.77. The molecule has 2 atom stereocenters. The van der Waals surface area contributed by atoms with Crippen LogP contribution in [-0.2, 0) is 11.2 Å². The van der Waals surface area contributed by atoms with E-state index in [2.05, 4.69) is 21.8 Å². The van der Waals surface area contributed by atoms with Gasteiger partial charge in [0, 0.05) is 17.7 Å². The van der Waals surface area contributed by atoms with Crippen molar-refractivity contribution in [3.05, 3.63) is 47.5 Å². The topological polar surface area (TPSA) is 97.9 Å². The van der Waals surface area contributed by atoms with Gasteiger partial charge in [0.05, 0.1) is 18.8 Å². The largest absolute Gasteiger partial charge is 0.487 e. The monoisotopic (exact) mass is 501 g/mol. The zero-order valence-corrected chi connectivity index (χ0v) is 20.4. The predicted molar refractivity (Wildman–Crippen MR) is 128 cm³/mol. The number of hydrogen-bond donors (Lipinski definition) is 1. The maximum atomic E-state index is 13.0. The van der Waals surface area contributed by atoms with Gasteiger partial charge in [-0.15, -0.1) is 0 Å². The number of hydrogen-bond acceptors (Lipinski definition) is 7. The van der Waals surface area contributed by atoms with E-state index in [-0.39, 0.29) is 48.6 Å². The van der Waals surface area contributed by atoms with E-state index in [0.717, 1.165) is 35.9 Å². The van der Waals surface area contributed by atoms with Crippen LogP contribution in [0.5, 0.6) is 11.5 Å². The number of nitrogens with zero attached hydrogens (tertiary/aromatic N) is 3. The average Bonchev–Trinajstić information content (AvgIpc) is 3.48. The Hall–Kier alpha value is -3.53. The van der Waals surface area contributed by atoms with E-state index < -0.39 is 6.61 Å². The number of aromatic nitrogens is 2. The van der Waals surface area contributed by atoms with Gasteiger partial charge in [-0.25, -0.2) is 0 Å². The number of alkyl halides is 2. The molecule has 0 radical (unpaired) electrons. The van der Waals surface area contributed by atoms with E-state index in [1.165, 1.54) is 12.1 Å². The number of carbonyl (C=O) groups is 1. The molecule has 0 saturated heterocycles. The molecule has 1 aliphatic rings.